The van der Waals surface area contributed by atoms with Crippen LogP contribution in [0, 0.1) is 17.8 Å². The summed E-state index contributed by atoms with van der Waals surface area (Å²) in [6.45, 7) is 0. The van der Waals surface area contributed by atoms with Gasteiger partial charge in [-0.3, -0.25) is 4.79 Å². The minimum atomic E-state index is 0.241. The summed E-state index contributed by atoms with van der Waals surface area (Å²) in [6, 6.07) is 10.8. The Balaban J connectivity index is 1.47. The lowest BCUT2D eigenvalue weighted by atomic mass is 10.0. The highest BCUT2D eigenvalue weighted by molar-refractivity contribution is 6.06. The van der Waals surface area contributed by atoms with Crippen molar-refractivity contribution in [3.8, 4) is 0 Å². The summed E-state index contributed by atoms with van der Waals surface area (Å²) < 4.78 is 0. The zero-order valence-corrected chi connectivity index (χ0v) is 12.1. The Bertz CT molecular complexity index is 749. The summed E-state index contributed by atoms with van der Waals surface area (Å²) in [5.41, 5.74) is 3.87. The van der Waals surface area contributed by atoms with E-state index in [0.29, 0.717) is 5.92 Å². The lowest BCUT2D eigenvalue weighted by Gasteiger charge is -2.10. The lowest BCUT2D eigenvalue weighted by molar-refractivity contribution is -0.117. The van der Waals surface area contributed by atoms with Crippen molar-refractivity contribution >= 4 is 22.4 Å². The fourth-order valence-electron chi connectivity index (χ4n) is 4.14. The lowest BCUT2D eigenvalue weighted by Crippen LogP contribution is -2.15. The second-order valence-electron chi connectivity index (χ2n) is 6.94. The maximum Gasteiger partial charge on any atom is 0.227 e. The van der Waals surface area contributed by atoms with E-state index in [1.165, 1.54) is 34.7 Å². The fourth-order valence-corrected chi connectivity index (χ4v) is 4.14. The van der Waals surface area contributed by atoms with E-state index in [0.717, 1.165) is 30.9 Å². The van der Waals surface area contributed by atoms with Gasteiger partial charge in [0.2, 0.25) is 5.91 Å². The standard InChI is InChI=1S/C19H19NO/c21-19(16-10-15(16)11-4-5-11)20-17-9-8-13-7-6-12-2-1-3-14(17)18(12)13/h1-3,8-9,11,15-16H,4-7,10H2,(H,20,21). The summed E-state index contributed by atoms with van der Waals surface area (Å²) in [6.07, 6.45) is 6.07. The van der Waals surface area contributed by atoms with E-state index in [9.17, 15) is 4.79 Å². The van der Waals surface area contributed by atoms with Crippen molar-refractivity contribution < 1.29 is 4.79 Å². The number of anilines is 1. The van der Waals surface area contributed by atoms with Crippen molar-refractivity contribution in [2.75, 3.05) is 5.32 Å². The zero-order valence-electron chi connectivity index (χ0n) is 12.1. The molecule has 0 aliphatic heterocycles. The number of hydrogen-bond acceptors (Lipinski definition) is 1. The number of hydrogen-bond donors (Lipinski definition) is 1. The predicted molar refractivity (Wildman–Crippen MR) is 84.3 cm³/mol. The number of rotatable bonds is 3. The number of carbonyl (C=O) groups excluding carboxylic acids is 1. The zero-order chi connectivity index (χ0) is 14.0. The van der Waals surface area contributed by atoms with Gasteiger partial charge in [-0.2, -0.15) is 0 Å². The first-order valence-corrected chi connectivity index (χ1v) is 8.15. The van der Waals surface area contributed by atoms with Crippen molar-refractivity contribution in [3.05, 3.63) is 41.5 Å². The molecular formula is C19H19NO. The molecule has 1 N–H and O–H groups in total. The molecule has 0 heterocycles. The second kappa shape index (κ2) is 4.09. The van der Waals surface area contributed by atoms with Crippen LogP contribution in [-0.4, -0.2) is 5.91 Å². The fraction of sp³-hybridized carbons (Fsp3) is 0.421. The number of amides is 1. The van der Waals surface area contributed by atoms with E-state index in [2.05, 4.69) is 35.6 Å². The average Bonchev–Trinajstić information content (AvgIpc) is 3.38. The Kier molecular flexibility index (Phi) is 2.30. The Morgan fingerprint density at radius 2 is 1.86 bits per heavy atom. The van der Waals surface area contributed by atoms with E-state index in [4.69, 9.17) is 0 Å². The van der Waals surface area contributed by atoms with Crippen LogP contribution in [0.25, 0.3) is 10.8 Å². The van der Waals surface area contributed by atoms with Crippen molar-refractivity contribution in [2.24, 2.45) is 17.8 Å². The van der Waals surface area contributed by atoms with Crippen LogP contribution in [-0.2, 0) is 17.6 Å². The van der Waals surface area contributed by atoms with Gasteiger partial charge < -0.3 is 5.32 Å². The van der Waals surface area contributed by atoms with Crippen LogP contribution >= 0.6 is 0 Å². The minimum Gasteiger partial charge on any atom is -0.325 e. The molecule has 21 heavy (non-hydrogen) atoms. The van der Waals surface area contributed by atoms with Crippen LogP contribution in [0.4, 0.5) is 5.69 Å². The van der Waals surface area contributed by atoms with Crippen LogP contribution in [0.15, 0.2) is 30.3 Å². The third-order valence-corrected chi connectivity index (χ3v) is 5.54. The van der Waals surface area contributed by atoms with Crippen LogP contribution < -0.4 is 5.32 Å². The van der Waals surface area contributed by atoms with Crippen molar-refractivity contribution in [1.82, 2.24) is 0 Å². The van der Waals surface area contributed by atoms with Crippen molar-refractivity contribution in [1.29, 1.82) is 0 Å². The van der Waals surface area contributed by atoms with Crippen molar-refractivity contribution in [2.45, 2.75) is 32.1 Å². The molecule has 0 aromatic heterocycles. The van der Waals surface area contributed by atoms with Crippen LogP contribution in [0.2, 0.25) is 0 Å². The molecule has 0 saturated heterocycles. The first-order valence-electron chi connectivity index (χ1n) is 8.15. The molecule has 2 unspecified atom stereocenters. The van der Waals surface area contributed by atoms with Gasteiger partial charge in [0.25, 0.3) is 0 Å². The Labute approximate surface area is 124 Å². The summed E-state index contributed by atoms with van der Waals surface area (Å²) in [5.74, 6) is 2.06. The largest absolute Gasteiger partial charge is 0.325 e. The molecule has 5 rings (SSSR count). The van der Waals surface area contributed by atoms with Crippen LogP contribution in [0.5, 0.6) is 0 Å². The molecule has 2 fully saturated rings. The van der Waals surface area contributed by atoms with E-state index in [1.807, 2.05) is 0 Å². The molecule has 2 atom stereocenters. The smallest absolute Gasteiger partial charge is 0.227 e. The van der Waals surface area contributed by atoms with Gasteiger partial charge in [0.15, 0.2) is 0 Å². The summed E-state index contributed by atoms with van der Waals surface area (Å²) in [4.78, 5) is 12.4. The monoisotopic (exact) mass is 277 g/mol. The molecule has 3 aliphatic rings. The number of nitrogens with one attached hydrogen (secondary N) is 1. The van der Waals surface area contributed by atoms with Gasteiger partial charge in [0.1, 0.15) is 0 Å². The van der Waals surface area contributed by atoms with E-state index in [-0.39, 0.29) is 11.8 Å². The molecule has 1 amide bonds. The second-order valence-corrected chi connectivity index (χ2v) is 6.94. The summed E-state index contributed by atoms with van der Waals surface area (Å²) >= 11 is 0. The molecule has 106 valence electrons. The normalized spacial score (nSPS) is 26.1. The topological polar surface area (TPSA) is 29.1 Å². The number of carbonyl (C=O) groups is 1. The van der Waals surface area contributed by atoms with Crippen LogP contribution in [0.3, 0.4) is 0 Å². The first-order chi connectivity index (χ1) is 10.3. The molecule has 3 aliphatic carbocycles. The third-order valence-electron chi connectivity index (χ3n) is 5.54. The average molecular weight is 277 g/mol. The molecule has 0 bridgehead atoms. The highest BCUT2D eigenvalue weighted by atomic mass is 16.2. The molecular weight excluding hydrogens is 258 g/mol. The van der Waals surface area contributed by atoms with Gasteiger partial charge in [0.05, 0.1) is 0 Å². The third kappa shape index (κ3) is 1.81. The maximum absolute atomic E-state index is 12.4. The molecule has 0 radical (unpaired) electrons. The highest BCUT2D eigenvalue weighted by Crippen LogP contribution is 2.54. The Morgan fingerprint density at radius 1 is 1.05 bits per heavy atom. The molecule has 0 spiro atoms. The van der Waals surface area contributed by atoms with Gasteiger partial charge in [-0.15, -0.1) is 0 Å². The summed E-state index contributed by atoms with van der Waals surface area (Å²) in [7, 11) is 0. The van der Waals surface area contributed by atoms with Gasteiger partial charge >= 0.3 is 0 Å². The summed E-state index contributed by atoms with van der Waals surface area (Å²) in [5, 5.41) is 5.80. The SMILES string of the molecule is O=C(Nc1ccc2c3c(cccc13)CC2)C1CC1C1CC1. The molecule has 2 aromatic rings. The number of aryl methyl sites for hydroxylation is 2. The molecule has 2 aromatic carbocycles. The van der Waals surface area contributed by atoms with Gasteiger partial charge in [-0.05, 0) is 66.5 Å². The van der Waals surface area contributed by atoms with Gasteiger partial charge in [-0.1, -0.05) is 24.3 Å². The maximum atomic E-state index is 12.4. The highest BCUT2D eigenvalue weighted by Gasteiger charge is 2.51. The van der Waals surface area contributed by atoms with Gasteiger partial charge in [0, 0.05) is 17.0 Å². The number of benzene rings is 2. The van der Waals surface area contributed by atoms with Gasteiger partial charge in [-0.25, -0.2) is 0 Å². The Hall–Kier alpha value is -1.83. The van der Waals surface area contributed by atoms with Crippen LogP contribution in [0.1, 0.15) is 30.4 Å². The van der Waals surface area contributed by atoms with E-state index < -0.39 is 0 Å². The van der Waals surface area contributed by atoms with E-state index in [1.54, 1.807) is 0 Å². The molecule has 2 saturated carbocycles. The first kappa shape index (κ1) is 11.8. The van der Waals surface area contributed by atoms with Crippen molar-refractivity contribution in [3.63, 3.8) is 0 Å². The Morgan fingerprint density at radius 3 is 2.67 bits per heavy atom. The molecule has 2 nitrogen and oxygen atoms in total. The minimum absolute atomic E-state index is 0.241. The molecule has 2 heteroatoms. The van der Waals surface area contributed by atoms with E-state index >= 15 is 0 Å². The predicted octanol–water partition coefficient (Wildman–Crippen LogP) is 3.92. The quantitative estimate of drug-likeness (QED) is 0.905.